The van der Waals surface area contributed by atoms with E-state index in [1.165, 1.54) is 18.2 Å². The Morgan fingerprint density at radius 2 is 1.74 bits per heavy atom. The van der Waals surface area contributed by atoms with Crippen LogP contribution in [0.4, 0.5) is 19.0 Å². The quantitative estimate of drug-likeness (QED) is 0.123. The van der Waals surface area contributed by atoms with Gasteiger partial charge in [-0.2, -0.15) is 0 Å². The molecule has 3 aromatic heterocycles. The van der Waals surface area contributed by atoms with Crippen molar-refractivity contribution in [3.63, 3.8) is 0 Å². The maximum Gasteiger partial charge on any atom is 0.573 e. The number of hydrogen-bond acceptors (Lipinski definition) is 8. The number of amides is 2. The molecule has 10 nitrogen and oxygen atoms in total. The van der Waals surface area contributed by atoms with Crippen LogP contribution in [0.15, 0.2) is 67.0 Å². The molecule has 2 aromatic carbocycles. The van der Waals surface area contributed by atoms with E-state index in [2.05, 4.69) is 30.7 Å². The van der Waals surface area contributed by atoms with Crippen molar-refractivity contribution in [2.75, 3.05) is 25.0 Å². The molecule has 43 heavy (non-hydrogen) atoms. The number of fused-ring (bicyclic) bond motifs is 4. The Bertz CT molecular complexity index is 1800. The average molecular weight is 592 g/mol. The number of aromatic nitrogens is 3. The summed E-state index contributed by atoms with van der Waals surface area (Å²) in [5.41, 5.74) is 7.66. The summed E-state index contributed by atoms with van der Waals surface area (Å²) in [7, 11) is 0. The molecule has 0 aliphatic carbocycles. The molecule has 0 radical (unpaired) electrons. The highest BCUT2D eigenvalue weighted by Gasteiger charge is 2.31. The second-order valence-corrected chi connectivity index (χ2v) is 9.74. The standard InChI is InChI=1S/C30H28F3N7O3/c31-30(32,33)43-21-5-7-25-18(14-21)2-4-20(39-25)16-35-13-9-27(41)37-10-1-11-38-29-23-8-12-36-17-24(23)22-6-3-19(28(34)42)15-26(22)40-29/h2-8,12,14-15,17,35H,1,9-11,13,16H2,(H2,34,42)(H,37,41)(H,38,40). The van der Waals surface area contributed by atoms with E-state index in [1.54, 1.807) is 36.7 Å². The third kappa shape index (κ3) is 7.63. The van der Waals surface area contributed by atoms with Crippen LogP contribution in [0.1, 0.15) is 28.9 Å². The fourth-order valence-corrected chi connectivity index (χ4v) is 4.61. The highest BCUT2D eigenvalue weighted by molar-refractivity contribution is 6.11. The van der Waals surface area contributed by atoms with Gasteiger partial charge < -0.3 is 26.4 Å². The molecular formula is C30H28F3N7O3. The lowest BCUT2D eigenvalue weighted by molar-refractivity contribution is -0.274. The first-order chi connectivity index (χ1) is 20.7. The number of nitrogens with zero attached hydrogens (tertiary/aromatic N) is 3. The maximum absolute atomic E-state index is 12.4. The number of ether oxygens (including phenoxy) is 1. The molecule has 0 bridgehead atoms. The van der Waals surface area contributed by atoms with E-state index in [9.17, 15) is 22.8 Å². The van der Waals surface area contributed by atoms with E-state index in [0.717, 1.165) is 16.2 Å². The van der Waals surface area contributed by atoms with Crippen molar-refractivity contribution in [3.05, 3.63) is 78.2 Å². The first kappa shape index (κ1) is 29.5. The largest absolute Gasteiger partial charge is 0.573 e. The lowest BCUT2D eigenvalue weighted by Crippen LogP contribution is -2.29. The summed E-state index contributed by atoms with van der Waals surface area (Å²) in [6, 6.07) is 14.4. The molecule has 0 aliphatic heterocycles. The van der Waals surface area contributed by atoms with Crippen LogP contribution in [-0.4, -0.2) is 52.8 Å². The van der Waals surface area contributed by atoms with Crippen LogP contribution < -0.4 is 26.4 Å². The Morgan fingerprint density at radius 3 is 2.56 bits per heavy atom. The lowest BCUT2D eigenvalue weighted by Gasteiger charge is -2.12. The fraction of sp³-hybridized carbons (Fsp3) is 0.233. The number of halogens is 3. The van der Waals surface area contributed by atoms with Gasteiger partial charge in [-0.15, -0.1) is 13.2 Å². The smallest absolute Gasteiger partial charge is 0.406 e. The number of carbonyl (C=O) groups is 2. The van der Waals surface area contributed by atoms with Crippen molar-refractivity contribution in [2.45, 2.75) is 25.7 Å². The van der Waals surface area contributed by atoms with E-state index in [1.807, 2.05) is 12.1 Å². The van der Waals surface area contributed by atoms with Crippen molar-refractivity contribution in [2.24, 2.45) is 5.73 Å². The molecule has 222 valence electrons. The van der Waals surface area contributed by atoms with E-state index in [4.69, 9.17) is 10.7 Å². The Hall–Kier alpha value is -5.04. The molecule has 0 fully saturated rings. The van der Waals surface area contributed by atoms with Gasteiger partial charge in [0.2, 0.25) is 11.8 Å². The molecular weight excluding hydrogens is 563 g/mol. The molecule has 5 aromatic rings. The van der Waals surface area contributed by atoms with Gasteiger partial charge in [0.05, 0.1) is 16.7 Å². The fourth-order valence-electron chi connectivity index (χ4n) is 4.61. The van der Waals surface area contributed by atoms with E-state index >= 15 is 0 Å². The monoisotopic (exact) mass is 591 g/mol. The lowest BCUT2D eigenvalue weighted by atomic mass is 10.1. The maximum atomic E-state index is 12.4. The van der Waals surface area contributed by atoms with Gasteiger partial charge in [0.15, 0.2) is 0 Å². The summed E-state index contributed by atoms with van der Waals surface area (Å²) < 4.78 is 41.2. The zero-order valence-electron chi connectivity index (χ0n) is 22.9. The van der Waals surface area contributed by atoms with E-state index in [-0.39, 0.29) is 18.1 Å². The van der Waals surface area contributed by atoms with Crippen LogP contribution >= 0.6 is 0 Å². The second-order valence-electron chi connectivity index (χ2n) is 9.74. The van der Waals surface area contributed by atoms with E-state index < -0.39 is 12.3 Å². The number of pyridine rings is 3. The van der Waals surface area contributed by atoms with Crippen LogP contribution in [0.25, 0.3) is 32.6 Å². The zero-order valence-corrected chi connectivity index (χ0v) is 22.9. The number of hydrogen-bond donors (Lipinski definition) is 4. The number of benzene rings is 2. The van der Waals surface area contributed by atoms with E-state index in [0.29, 0.717) is 66.1 Å². The predicted octanol–water partition coefficient (Wildman–Crippen LogP) is 4.43. The summed E-state index contributed by atoms with van der Waals surface area (Å²) in [5, 5.41) is 12.5. The molecule has 5 rings (SSSR count). The molecule has 13 heteroatoms. The number of alkyl halides is 3. The number of primary amides is 1. The van der Waals surface area contributed by atoms with Gasteiger partial charge >= 0.3 is 6.36 Å². The van der Waals surface area contributed by atoms with Crippen LogP contribution in [0, 0.1) is 0 Å². The Kier molecular flexibility index (Phi) is 8.81. The number of nitrogens with one attached hydrogen (secondary N) is 3. The zero-order chi connectivity index (χ0) is 30.4. The second kappa shape index (κ2) is 12.9. The SMILES string of the molecule is NC(=O)c1ccc2c(c1)nc(NCCCNC(=O)CCNCc1ccc3cc(OC(F)(F)F)ccc3n1)c1ccncc12. The molecule has 0 spiro atoms. The molecule has 0 saturated heterocycles. The highest BCUT2D eigenvalue weighted by Crippen LogP contribution is 2.29. The summed E-state index contributed by atoms with van der Waals surface area (Å²) in [5.74, 6) is -0.276. The van der Waals surface area contributed by atoms with Crippen molar-refractivity contribution in [3.8, 4) is 5.75 Å². The minimum Gasteiger partial charge on any atom is -0.406 e. The topological polar surface area (TPSA) is 144 Å². The molecule has 0 unspecified atom stereocenters. The third-order valence-corrected chi connectivity index (χ3v) is 6.64. The average Bonchev–Trinajstić information content (AvgIpc) is 2.98. The Labute approximate surface area is 243 Å². The number of carbonyl (C=O) groups excluding carboxylic acids is 2. The first-order valence-electron chi connectivity index (χ1n) is 13.5. The summed E-state index contributed by atoms with van der Waals surface area (Å²) in [6.07, 6.45) is -0.382. The summed E-state index contributed by atoms with van der Waals surface area (Å²) >= 11 is 0. The Morgan fingerprint density at radius 1 is 0.884 bits per heavy atom. The summed E-state index contributed by atoms with van der Waals surface area (Å²) in [4.78, 5) is 37.2. The predicted molar refractivity (Wildman–Crippen MR) is 156 cm³/mol. The van der Waals surface area contributed by atoms with Gasteiger partial charge in [0, 0.05) is 72.1 Å². The van der Waals surface area contributed by atoms with Crippen LogP contribution in [0.5, 0.6) is 5.75 Å². The van der Waals surface area contributed by atoms with Gasteiger partial charge in [-0.1, -0.05) is 12.1 Å². The Balaban J connectivity index is 1.05. The van der Waals surface area contributed by atoms with Gasteiger partial charge in [-0.05, 0) is 48.9 Å². The van der Waals surface area contributed by atoms with Crippen LogP contribution in [0.2, 0.25) is 0 Å². The number of anilines is 1. The number of rotatable bonds is 12. The molecule has 0 atom stereocenters. The highest BCUT2D eigenvalue weighted by atomic mass is 19.4. The molecule has 0 saturated carbocycles. The van der Waals surface area contributed by atoms with Gasteiger partial charge in [-0.3, -0.25) is 19.6 Å². The molecule has 2 amide bonds. The van der Waals surface area contributed by atoms with Crippen molar-refractivity contribution in [1.29, 1.82) is 0 Å². The van der Waals surface area contributed by atoms with Gasteiger partial charge in [0.25, 0.3) is 0 Å². The minimum absolute atomic E-state index is 0.101. The number of nitrogens with two attached hydrogens (primary N) is 1. The van der Waals surface area contributed by atoms with Gasteiger partial charge in [0.1, 0.15) is 11.6 Å². The van der Waals surface area contributed by atoms with Crippen molar-refractivity contribution < 1.29 is 27.5 Å². The molecule has 0 aliphatic rings. The van der Waals surface area contributed by atoms with Crippen LogP contribution in [-0.2, 0) is 11.3 Å². The van der Waals surface area contributed by atoms with Crippen molar-refractivity contribution >= 4 is 50.2 Å². The third-order valence-electron chi connectivity index (χ3n) is 6.64. The van der Waals surface area contributed by atoms with Gasteiger partial charge in [-0.25, -0.2) is 4.98 Å². The summed E-state index contributed by atoms with van der Waals surface area (Å²) in [6.45, 7) is 1.85. The minimum atomic E-state index is -4.75. The first-order valence-corrected chi connectivity index (χ1v) is 13.5. The van der Waals surface area contributed by atoms with Crippen LogP contribution in [0.3, 0.4) is 0 Å². The molecule has 3 heterocycles. The molecule has 5 N–H and O–H groups in total. The van der Waals surface area contributed by atoms with Crippen molar-refractivity contribution in [1.82, 2.24) is 25.6 Å². The normalized spacial score (nSPS) is 11.6.